The first-order valence-electron chi connectivity index (χ1n) is 8.61. The van der Waals surface area contributed by atoms with Crippen molar-refractivity contribution in [3.63, 3.8) is 0 Å². The molecule has 2 aliphatic rings. The number of carbonyl (C=O) groups excluding carboxylic acids is 1. The summed E-state index contributed by atoms with van der Waals surface area (Å²) in [5.74, 6) is -0.301. The van der Waals surface area contributed by atoms with Crippen molar-refractivity contribution in [1.82, 2.24) is 9.21 Å². The van der Waals surface area contributed by atoms with Crippen molar-refractivity contribution in [2.75, 3.05) is 43.9 Å². The van der Waals surface area contributed by atoms with E-state index in [0.717, 1.165) is 24.1 Å². The highest BCUT2D eigenvalue weighted by Gasteiger charge is 2.27. The summed E-state index contributed by atoms with van der Waals surface area (Å²) < 4.78 is 24.6. The highest BCUT2D eigenvalue weighted by molar-refractivity contribution is 7.88. The zero-order valence-corrected chi connectivity index (χ0v) is 15.6. The Morgan fingerprint density at radius 1 is 1.15 bits per heavy atom. The molecule has 0 atom stereocenters. The maximum Gasteiger partial charge on any atom is 0.270 e. The molecule has 0 N–H and O–H groups in total. The summed E-state index contributed by atoms with van der Waals surface area (Å²) >= 11 is 0. The van der Waals surface area contributed by atoms with Crippen LogP contribution in [0.2, 0.25) is 0 Å². The number of sulfonamides is 1. The van der Waals surface area contributed by atoms with E-state index in [0.29, 0.717) is 32.7 Å². The second-order valence-corrected chi connectivity index (χ2v) is 8.52. The van der Waals surface area contributed by atoms with Crippen LogP contribution in [0.4, 0.5) is 5.69 Å². The summed E-state index contributed by atoms with van der Waals surface area (Å²) in [4.78, 5) is 16.4. The zero-order chi connectivity index (χ0) is 18.7. The molecule has 26 heavy (non-hydrogen) atoms. The van der Waals surface area contributed by atoms with Gasteiger partial charge in [0.15, 0.2) is 0 Å². The van der Waals surface area contributed by atoms with E-state index in [1.165, 1.54) is 10.6 Å². The van der Waals surface area contributed by atoms with Crippen LogP contribution in [0.1, 0.15) is 12.0 Å². The lowest BCUT2D eigenvalue weighted by molar-refractivity contribution is -0.114. The SMILES string of the molecule is CS(=O)(=O)N1CCN(/C=C(/C#N)C(=O)N2CCCc3ccccc32)CC1. The second-order valence-electron chi connectivity index (χ2n) is 6.54. The van der Waals surface area contributed by atoms with E-state index in [9.17, 15) is 18.5 Å². The molecule has 1 fully saturated rings. The highest BCUT2D eigenvalue weighted by Crippen LogP contribution is 2.28. The Morgan fingerprint density at radius 2 is 1.85 bits per heavy atom. The average Bonchev–Trinajstić information content (AvgIpc) is 2.64. The van der Waals surface area contributed by atoms with Crippen LogP contribution in [-0.4, -0.2) is 62.5 Å². The van der Waals surface area contributed by atoms with Gasteiger partial charge in [0.05, 0.1) is 6.26 Å². The fourth-order valence-electron chi connectivity index (χ4n) is 3.37. The minimum Gasteiger partial charge on any atom is -0.373 e. The van der Waals surface area contributed by atoms with Crippen LogP contribution >= 0.6 is 0 Å². The Morgan fingerprint density at radius 3 is 2.50 bits per heavy atom. The summed E-state index contributed by atoms with van der Waals surface area (Å²) in [5, 5.41) is 9.49. The third kappa shape index (κ3) is 3.89. The van der Waals surface area contributed by atoms with Gasteiger partial charge in [-0.1, -0.05) is 18.2 Å². The van der Waals surface area contributed by atoms with Gasteiger partial charge in [-0.25, -0.2) is 8.42 Å². The van der Waals surface area contributed by atoms with Gasteiger partial charge < -0.3 is 9.80 Å². The van der Waals surface area contributed by atoms with Crippen molar-refractivity contribution in [2.24, 2.45) is 0 Å². The van der Waals surface area contributed by atoms with Crippen LogP contribution in [0, 0.1) is 11.3 Å². The maximum absolute atomic E-state index is 12.9. The van der Waals surface area contributed by atoms with Crippen molar-refractivity contribution in [2.45, 2.75) is 12.8 Å². The molecule has 0 spiro atoms. The molecule has 2 heterocycles. The third-order valence-corrected chi connectivity index (χ3v) is 6.06. The summed E-state index contributed by atoms with van der Waals surface area (Å²) in [6.45, 7) is 2.23. The first-order chi connectivity index (χ1) is 12.4. The lowest BCUT2D eigenvalue weighted by atomic mass is 10.0. The van der Waals surface area contributed by atoms with E-state index in [4.69, 9.17) is 0 Å². The standard InChI is InChI=1S/C18H22N4O3S/c1-26(24,25)21-11-9-20(10-12-21)14-16(13-19)18(23)22-8-4-6-15-5-2-3-7-17(15)22/h2-3,5,7,14H,4,6,8-12H2,1H3/b16-14-. The molecular formula is C18H22N4O3S. The molecule has 0 saturated carbocycles. The second kappa shape index (κ2) is 7.48. The first-order valence-corrected chi connectivity index (χ1v) is 10.5. The van der Waals surface area contributed by atoms with Crippen LogP contribution in [0.15, 0.2) is 36.0 Å². The Balaban J connectivity index is 1.75. The van der Waals surface area contributed by atoms with Crippen molar-refractivity contribution >= 4 is 21.6 Å². The molecule has 0 unspecified atom stereocenters. The number of carbonyl (C=O) groups is 1. The van der Waals surface area contributed by atoms with Crippen molar-refractivity contribution in [1.29, 1.82) is 5.26 Å². The molecular weight excluding hydrogens is 352 g/mol. The Labute approximate surface area is 154 Å². The van der Waals surface area contributed by atoms with Gasteiger partial charge in [-0.15, -0.1) is 0 Å². The van der Waals surface area contributed by atoms with E-state index in [2.05, 4.69) is 0 Å². The maximum atomic E-state index is 12.9. The van der Waals surface area contributed by atoms with Crippen molar-refractivity contribution in [3.8, 4) is 6.07 Å². The predicted octanol–water partition coefficient (Wildman–Crippen LogP) is 0.950. The number of amides is 1. The fourth-order valence-corrected chi connectivity index (χ4v) is 4.20. The number of rotatable bonds is 3. The molecule has 2 aliphatic heterocycles. The number of anilines is 1. The summed E-state index contributed by atoms with van der Waals surface area (Å²) in [7, 11) is -3.20. The lowest BCUT2D eigenvalue weighted by Gasteiger charge is -2.33. The Kier molecular flexibility index (Phi) is 5.30. The molecule has 138 valence electrons. The number of hydrogen-bond donors (Lipinski definition) is 0. The number of nitrogens with zero attached hydrogens (tertiary/aromatic N) is 4. The fraction of sp³-hybridized carbons (Fsp3) is 0.444. The van der Waals surface area contributed by atoms with E-state index in [1.54, 1.807) is 11.1 Å². The lowest BCUT2D eigenvalue weighted by Crippen LogP contribution is -2.46. The molecule has 0 aliphatic carbocycles. The summed E-state index contributed by atoms with van der Waals surface area (Å²) in [6, 6.07) is 9.78. The molecule has 1 aromatic carbocycles. The topological polar surface area (TPSA) is 84.7 Å². The number of fused-ring (bicyclic) bond motifs is 1. The molecule has 1 amide bonds. The average molecular weight is 374 g/mol. The van der Waals surface area contributed by atoms with E-state index < -0.39 is 10.0 Å². The van der Waals surface area contributed by atoms with Crippen LogP contribution in [-0.2, 0) is 21.2 Å². The van der Waals surface area contributed by atoms with Gasteiger partial charge in [0, 0.05) is 44.6 Å². The predicted molar refractivity (Wildman–Crippen MR) is 98.8 cm³/mol. The smallest absolute Gasteiger partial charge is 0.270 e. The monoisotopic (exact) mass is 374 g/mol. The summed E-state index contributed by atoms with van der Waals surface area (Å²) in [5.41, 5.74) is 2.06. The molecule has 3 rings (SSSR count). The first kappa shape index (κ1) is 18.4. The van der Waals surface area contributed by atoms with Gasteiger partial charge in [0.2, 0.25) is 10.0 Å². The molecule has 0 bridgehead atoms. The highest BCUT2D eigenvalue weighted by atomic mass is 32.2. The van der Waals surface area contributed by atoms with E-state index >= 15 is 0 Å². The molecule has 7 nitrogen and oxygen atoms in total. The van der Waals surface area contributed by atoms with Crippen LogP contribution in [0.3, 0.4) is 0 Å². The van der Waals surface area contributed by atoms with E-state index in [1.807, 2.05) is 35.2 Å². The number of benzene rings is 1. The van der Waals surface area contributed by atoms with Gasteiger partial charge in [-0.3, -0.25) is 4.79 Å². The van der Waals surface area contributed by atoms with Crippen LogP contribution in [0.5, 0.6) is 0 Å². The summed E-state index contributed by atoms with van der Waals surface area (Å²) in [6.07, 6.45) is 4.56. The number of para-hydroxylation sites is 1. The van der Waals surface area contributed by atoms with Gasteiger partial charge >= 0.3 is 0 Å². The van der Waals surface area contributed by atoms with Crippen molar-refractivity contribution in [3.05, 3.63) is 41.6 Å². The van der Waals surface area contributed by atoms with E-state index in [-0.39, 0.29) is 11.5 Å². The Bertz CT molecular complexity index is 865. The van der Waals surface area contributed by atoms with Gasteiger partial charge in [0.25, 0.3) is 5.91 Å². The largest absolute Gasteiger partial charge is 0.373 e. The minimum atomic E-state index is -3.20. The molecule has 1 saturated heterocycles. The minimum absolute atomic E-state index is 0.0782. The number of piperazine rings is 1. The molecule has 0 radical (unpaired) electrons. The molecule has 1 aromatic rings. The molecule has 8 heteroatoms. The number of nitriles is 1. The van der Waals surface area contributed by atoms with Gasteiger partial charge in [-0.2, -0.15) is 9.57 Å². The normalized spacial score (nSPS) is 19.0. The van der Waals surface area contributed by atoms with Crippen LogP contribution < -0.4 is 4.90 Å². The Hall–Kier alpha value is -2.37. The number of hydrogen-bond acceptors (Lipinski definition) is 5. The van der Waals surface area contributed by atoms with Gasteiger partial charge in [-0.05, 0) is 24.5 Å². The zero-order valence-electron chi connectivity index (χ0n) is 14.8. The quantitative estimate of drug-likeness (QED) is 0.581. The van der Waals surface area contributed by atoms with Gasteiger partial charge in [0.1, 0.15) is 11.6 Å². The molecule has 0 aromatic heterocycles. The van der Waals surface area contributed by atoms with Crippen LogP contribution in [0.25, 0.3) is 0 Å². The number of aryl methyl sites for hydroxylation is 1. The third-order valence-electron chi connectivity index (χ3n) is 4.76. The van der Waals surface area contributed by atoms with Crippen molar-refractivity contribution < 1.29 is 13.2 Å².